The number of rotatable bonds is 6. The van der Waals surface area contributed by atoms with E-state index in [0.717, 1.165) is 62.3 Å². The molecule has 1 aliphatic heterocycles. The van der Waals surface area contributed by atoms with Gasteiger partial charge in [-0.05, 0) is 49.2 Å². The van der Waals surface area contributed by atoms with Gasteiger partial charge < -0.3 is 10.2 Å². The summed E-state index contributed by atoms with van der Waals surface area (Å²) in [5, 5.41) is 3.56. The topological polar surface area (TPSA) is 15.3 Å². The fraction of sp³-hybridized carbons (Fsp3) is 0.455. The van der Waals surface area contributed by atoms with E-state index in [1.54, 1.807) is 0 Å². The summed E-state index contributed by atoms with van der Waals surface area (Å²) in [5.41, 5.74) is 1.42. The van der Waals surface area contributed by atoms with Crippen molar-refractivity contribution in [3.63, 3.8) is 0 Å². The van der Waals surface area contributed by atoms with Gasteiger partial charge in [0.15, 0.2) is 0 Å². The molecule has 0 atom stereocenters. The Morgan fingerprint density at radius 3 is 1.86 bits per heavy atom. The highest BCUT2D eigenvalue weighted by Gasteiger charge is 2.58. The smallest absolute Gasteiger partial charge is 0.310 e. The molecule has 0 aromatic heterocycles. The Morgan fingerprint density at radius 2 is 1.38 bits per heavy atom. The van der Waals surface area contributed by atoms with Crippen molar-refractivity contribution in [1.29, 1.82) is 0 Å². The number of nitrogens with zero attached hydrogens (tertiary/aromatic N) is 1. The van der Waals surface area contributed by atoms with Crippen molar-refractivity contribution in [3.05, 3.63) is 59.7 Å². The van der Waals surface area contributed by atoms with Gasteiger partial charge in [0.25, 0.3) is 0 Å². The average Bonchev–Trinajstić information content (AvgIpc) is 2.72. The van der Waals surface area contributed by atoms with E-state index >= 15 is 0 Å². The standard InChI is InChI=1S/C22H25F5N2/c1-2-29-13-11-20(12-14-29)28-15-16-3-5-17(6-4-16)18-7-9-19(10-8-18)21(23,24)22(25,26)27/h3-10,20,28H,2,11-15H2,1H3. The Bertz CT molecular complexity index is 776. The van der Waals surface area contributed by atoms with Crippen LogP contribution in [0, 0.1) is 0 Å². The molecule has 0 aliphatic carbocycles. The van der Waals surface area contributed by atoms with E-state index in [1.807, 2.05) is 24.3 Å². The zero-order valence-corrected chi connectivity index (χ0v) is 16.3. The lowest BCUT2D eigenvalue weighted by Gasteiger charge is -2.31. The molecule has 0 unspecified atom stereocenters. The van der Waals surface area contributed by atoms with E-state index in [1.165, 1.54) is 12.1 Å². The molecule has 3 rings (SSSR count). The largest absolute Gasteiger partial charge is 0.458 e. The van der Waals surface area contributed by atoms with Gasteiger partial charge in [-0.25, -0.2) is 0 Å². The minimum atomic E-state index is -5.60. The number of nitrogens with one attached hydrogen (secondary N) is 1. The van der Waals surface area contributed by atoms with Gasteiger partial charge in [-0.2, -0.15) is 22.0 Å². The predicted octanol–water partition coefficient (Wildman–Crippen LogP) is 5.58. The van der Waals surface area contributed by atoms with Crippen LogP contribution in [0.4, 0.5) is 22.0 Å². The molecule has 2 aromatic rings. The number of piperidine rings is 1. The lowest BCUT2D eigenvalue weighted by molar-refractivity contribution is -0.289. The Kier molecular flexibility index (Phi) is 6.58. The second kappa shape index (κ2) is 8.79. The third-order valence-corrected chi connectivity index (χ3v) is 5.52. The Morgan fingerprint density at radius 1 is 0.862 bits per heavy atom. The Balaban J connectivity index is 1.59. The summed E-state index contributed by atoms with van der Waals surface area (Å²) in [5.74, 6) is -4.85. The van der Waals surface area contributed by atoms with Gasteiger partial charge in [0.05, 0.1) is 0 Å². The Hall–Kier alpha value is -1.99. The van der Waals surface area contributed by atoms with Crippen LogP contribution in [0.15, 0.2) is 48.5 Å². The van der Waals surface area contributed by atoms with Crippen molar-refractivity contribution >= 4 is 0 Å². The molecule has 0 spiro atoms. The zero-order chi connectivity index (χ0) is 21.1. The lowest BCUT2D eigenvalue weighted by atomic mass is 10.00. The van der Waals surface area contributed by atoms with Gasteiger partial charge in [-0.3, -0.25) is 0 Å². The van der Waals surface area contributed by atoms with Gasteiger partial charge in [0.2, 0.25) is 0 Å². The maximum Gasteiger partial charge on any atom is 0.458 e. The van der Waals surface area contributed by atoms with Crippen molar-refractivity contribution in [2.24, 2.45) is 0 Å². The number of hydrogen-bond donors (Lipinski definition) is 1. The maximum absolute atomic E-state index is 13.4. The van der Waals surface area contributed by atoms with E-state index in [0.29, 0.717) is 11.6 Å². The molecule has 1 heterocycles. The van der Waals surface area contributed by atoms with Crippen molar-refractivity contribution in [2.75, 3.05) is 19.6 Å². The van der Waals surface area contributed by atoms with Crippen LogP contribution in [0.1, 0.15) is 30.9 Å². The number of hydrogen-bond acceptors (Lipinski definition) is 2. The van der Waals surface area contributed by atoms with E-state index < -0.39 is 17.7 Å². The fourth-order valence-corrected chi connectivity index (χ4v) is 3.57. The molecule has 2 aromatic carbocycles. The van der Waals surface area contributed by atoms with Gasteiger partial charge in [0, 0.05) is 18.2 Å². The highest BCUT2D eigenvalue weighted by molar-refractivity contribution is 5.64. The highest BCUT2D eigenvalue weighted by atomic mass is 19.4. The first-order valence-corrected chi connectivity index (χ1v) is 9.81. The van der Waals surface area contributed by atoms with E-state index in [9.17, 15) is 22.0 Å². The minimum Gasteiger partial charge on any atom is -0.310 e. The number of alkyl halides is 5. The Labute approximate surface area is 167 Å². The number of benzene rings is 2. The molecule has 0 saturated carbocycles. The van der Waals surface area contributed by atoms with Crippen LogP contribution in [0.25, 0.3) is 11.1 Å². The predicted molar refractivity (Wildman–Crippen MR) is 104 cm³/mol. The molecule has 0 radical (unpaired) electrons. The monoisotopic (exact) mass is 412 g/mol. The van der Waals surface area contributed by atoms with Crippen molar-refractivity contribution < 1.29 is 22.0 Å². The molecule has 2 nitrogen and oxygen atoms in total. The van der Waals surface area contributed by atoms with Crippen LogP contribution in [0.3, 0.4) is 0 Å². The molecule has 158 valence electrons. The first-order chi connectivity index (χ1) is 13.7. The van der Waals surface area contributed by atoms with Crippen LogP contribution in [-0.2, 0) is 12.5 Å². The quantitative estimate of drug-likeness (QED) is 0.623. The van der Waals surface area contributed by atoms with Crippen molar-refractivity contribution in [2.45, 2.75) is 44.5 Å². The normalized spacial score (nSPS) is 16.9. The molecule has 7 heteroatoms. The van der Waals surface area contributed by atoms with E-state index in [4.69, 9.17) is 0 Å². The van der Waals surface area contributed by atoms with Crippen LogP contribution in [0.5, 0.6) is 0 Å². The van der Waals surface area contributed by atoms with Gasteiger partial charge in [-0.1, -0.05) is 55.5 Å². The first-order valence-electron chi connectivity index (χ1n) is 9.81. The molecule has 1 fully saturated rings. The molecular weight excluding hydrogens is 387 g/mol. The fourth-order valence-electron chi connectivity index (χ4n) is 3.57. The average molecular weight is 412 g/mol. The third-order valence-electron chi connectivity index (χ3n) is 5.52. The van der Waals surface area contributed by atoms with E-state index in [2.05, 4.69) is 17.1 Å². The van der Waals surface area contributed by atoms with Gasteiger partial charge in [0.1, 0.15) is 0 Å². The molecule has 1 saturated heterocycles. The molecular formula is C22H25F5N2. The highest BCUT2D eigenvalue weighted by Crippen LogP contribution is 2.44. The lowest BCUT2D eigenvalue weighted by Crippen LogP contribution is -2.42. The summed E-state index contributed by atoms with van der Waals surface area (Å²) in [6, 6.07) is 12.4. The second-order valence-corrected chi connectivity index (χ2v) is 7.44. The molecule has 29 heavy (non-hydrogen) atoms. The molecule has 0 bridgehead atoms. The van der Waals surface area contributed by atoms with Crippen LogP contribution in [0.2, 0.25) is 0 Å². The summed E-state index contributed by atoms with van der Waals surface area (Å²) in [4.78, 5) is 2.43. The summed E-state index contributed by atoms with van der Waals surface area (Å²) >= 11 is 0. The third kappa shape index (κ3) is 5.14. The van der Waals surface area contributed by atoms with Crippen LogP contribution in [-0.4, -0.2) is 36.8 Å². The zero-order valence-electron chi connectivity index (χ0n) is 16.3. The maximum atomic E-state index is 13.4. The molecule has 1 aliphatic rings. The first kappa shape index (κ1) is 21.7. The van der Waals surface area contributed by atoms with E-state index in [-0.39, 0.29) is 0 Å². The SMILES string of the molecule is CCN1CCC(NCc2ccc(-c3ccc(C(F)(F)C(F)(F)F)cc3)cc2)CC1. The number of halogens is 5. The van der Waals surface area contributed by atoms with Crippen molar-refractivity contribution in [3.8, 4) is 11.1 Å². The minimum absolute atomic E-state index is 0.500. The van der Waals surface area contributed by atoms with Crippen LogP contribution < -0.4 is 5.32 Å². The van der Waals surface area contributed by atoms with Crippen LogP contribution >= 0.6 is 0 Å². The summed E-state index contributed by atoms with van der Waals surface area (Å²) < 4.78 is 64.2. The number of likely N-dealkylation sites (tertiary alicyclic amines) is 1. The molecule has 0 amide bonds. The summed E-state index contributed by atoms with van der Waals surface area (Å²) in [6.07, 6.45) is -3.35. The second-order valence-electron chi connectivity index (χ2n) is 7.44. The molecule has 1 N–H and O–H groups in total. The van der Waals surface area contributed by atoms with Crippen molar-refractivity contribution in [1.82, 2.24) is 10.2 Å². The van der Waals surface area contributed by atoms with Gasteiger partial charge in [-0.15, -0.1) is 0 Å². The summed E-state index contributed by atoms with van der Waals surface area (Å²) in [6.45, 7) is 6.22. The van der Waals surface area contributed by atoms with Gasteiger partial charge >= 0.3 is 12.1 Å². The summed E-state index contributed by atoms with van der Waals surface area (Å²) in [7, 11) is 0.